The van der Waals surface area contributed by atoms with Crippen LogP contribution in [0.5, 0.6) is 11.5 Å². The van der Waals surface area contributed by atoms with Crippen LogP contribution in [-0.4, -0.2) is 13.2 Å². The summed E-state index contributed by atoms with van der Waals surface area (Å²) in [6.07, 6.45) is 18.1. The van der Waals surface area contributed by atoms with E-state index >= 15 is 0 Å². The van der Waals surface area contributed by atoms with Crippen molar-refractivity contribution in [1.29, 1.82) is 0 Å². The fraction of sp³-hybridized carbons (Fsp3) is 0.216. The Kier molecular flexibility index (Phi) is 19.7. The lowest BCUT2D eigenvalue weighted by Crippen LogP contribution is -2.13. The number of para-hydroxylation sites is 4. The summed E-state index contributed by atoms with van der Waals surface area (Å²) in [6.45, 7) is 10.5. The molecule has 0 aliphatic heterocycles. The number of anilines is 6. The summed E-state index contributed by atoms with van der Waals surface area (Å²) in [5.41, 5.74) is 15.7. The van der Waals surface area contributed by atoms with Crippen molar-refractivity contribution < 1.29 is 9.47 Å². The highest BCUT2D eigenvalue weighted by molar-refractivity contribution is 5.82. The predicted molar refractivity (Wildman–Crippen MR) is 335 cm³/mol. The monoisotopic (exact) mass is 1020 g/mol. The molecule has 2 unspecified atom stereocenters. The van der Waals surface area contributed by atoms with Crippen LogP contribution in [0.2, 0.25) is 0 Å². The first-order valence-corrected chi connectivity index (χ1v) is 28.5. The van der Waals surface area contributed by atoms with Gasteiger partial charge < -0.3 is 19.3 Å². The second kappa shape index (κ2) is 28.2. The largest absolute Gasteiger partial charge is 0.493 e. The summed E-state index contributed by atoms with van der Waals surface area (Å²) in [5.74, 6) is 2.73. The molecule has 4 heteroatoms. The molecular weight excluding hydrogens is 949 g/mol. The first-order valence-electron chi connectivity index (χ1n) is 28.5. The number of unbranched alkanes of at least 4 members (excludes halogenated alkanes) is 2. The normalized spacial score (nSPS) is 12.2. The Morgan fingerprint density at radius 2 is 0.615 bits per heavy atom. The molecule has 0 bridgehead atoms. The van der Waals surface area contributed by atoms with E-state index in [2.05, 4.69) is 292 Å². The van der Waals surface area contributed by atoms with E-state index in [9.17, 15) is 0 Å². The fourth-order valence-electron chi connectivity index (χ4n) is 10.1. The fourth-order valence-corrected chi connectivity index (χ4v) is 10.1. The van der Waals surface area contributed by atoms with Gasteiger partial charge in [-0.1, -0.05) is 236 Å². The lowest BCUT2D eigenvalue weighted by molar-refractivity contribution is 0.227. The molecule has 0 radical (unpaired) electrons. The SMILES string of the molecule is CCCCC(CC)COc1cc(/C=C/c2ccc(-c3ccc(N(c4ccccc4)c4ccccc4)cc3)cc2)c(OCC(CC)CCCC)cc1/C=C/c1ccc(-c2ccc(N(c3ccccc3)c3ccccc3)cc2)cc1. The Labute approximate surface area is 466 Å². The maximum atomic E-state index is 6.87. The van der Waals surface area contributed by atoms with Gasteiger partial charge in [-0.3, -0.25) is 0 Å². The molecule has 0 heterocycles. The number of rotatable bonds is 26. The van der Waals surface area contributed by atoms with Crippen molar-refractivity contribution in [3.8, 4) is 33.8 Å². The first-order chi connectivity index (χ1) is 38.5. The molecule has 9 rings (SSSR count). The van der Waals surface area contributed by atoms with Crippen LogP contribution in [-0.2, 0) is 0 Å². The number of hydrogen-bond acceptors (Lipinski definition) is 4. The highest BCUT2D eigenvalue weighted by Crippen LogP contribution is 2.38. The highest BCUT2D eigenvalue weighted by Gasteiger charge is 2.17. The van der Waals surface area contributed by atoms with Gasteiger partial charge >= 0.3 is 0 Å². The first kappa shape index (κ1) is 54.4. The van der Waals surface area contributed by atoms with Crippen LogP contribution in [0.1, 0.15) is 101 Å². The van der Waals surface area contributed by atoms with Crippen molar-refractivity contribution >= 4 is 58.4 Å². The van der Waals surface area contributed by atoms with E-state index in [4.69, 9.17) is 9.47 Å². The molecule has 0 fully saturated rings. The molecule has 0 aliphatic carbocycles. The van der Waals surface area contributed by atoms with Gasteiger partial charge in [-0.25, -0.2) is 0 Å². The van der Waals surface area contributed by atoms with Crippen LogP contribution in [0.25, 0.3) is 46.6 Å². The number of benzene rings is 9. The zero-order chi connectivity index (χ0) is 53.7. The Bertz CT molecular complexity index is 2940. The van der Waals surface area contributed by atoms with Gasteiger partial charge in [0, 0.05) is 45.3 Å². The van der Waals surface area contributed by atoms with Crippen molar-refractivity contribution in [2.24, 2.45) is 11.8 Å². The van der Waals surface area contributed by atoms with Crippen LogP contribution in [0.3, 0.4) is 0 Å². The molecule has 0 N–H and O–H groups in total. The summed E-state index contributed by atoms with van der Waals surface area (Å²) in [5, 5.41) is 0. The zero-order valence-corrected chi connectivity index (χ0v) is 46.2. The topological polar surface area (TPSA) is 24.9 Å². The van der Waals surface area contributed by atoms with Gasteiger partial charge in [-0.05, 0) is 143 Å². The summed E-state index contributed by atoms with van der Waals surface area (Å²) in [7, 11) is 0. The molecule has 9 aromatic rings. The van der Waals surface area contributed by atoms with Gasteiger partial charge in [0.25, 0.3) is 0 Å². The highest BCUT2D eigenvalue weighted by atomic mass is 16.5. The summed E-state index contributed by atoms with van der Waals surface area (Å²) in [4.78, 5) is 4.59. The third-order valence-corrected chi connectivity index (χ3v) is 14.9. The Balaban J connectivity index is 0.973. The van der Waals surface area contributed by atoms with E-state index in [1.807, 2.05) is 0 Å². The van der Waals surface area contributed by atoms with E-state index in [-0.39, 0.29) is 0 Å². The molecular formula is C74H76N2O2. The standard InChI is InChI=1S/C74H76N2O2/c1-5-9-23-57(7-3)55-77-73-53-66(44-38-60-35-41-62(42-36-60)64-47-51-72(52-48-64)76(69-29-19-13-20-30-69)70-31-21-14-22-32-70)74(78-56-58(8-4)24-10-6-2)54-65(73)43-37-59-33-39-61(40-34-59)63-45-49-71(50-46-63)75(67-25-15-11-16-26-67)68-27-17-12-18-28-68/h11-22,25-54,57-58H,5-10,23-24,55-56H2,1-4H3/b43-37+,44-38+. The molecule has 9 aromatic carbocycles. The Morgan fingerprint density at radius 1 is 0.333 bits per heavy atom. The van der Waals surface area contributed by atoms with Crippen molar-refractivity contribution in [2.45, 2.75) is 79.1 Å². The van der Waals surface area contributed by atoms with E-state index < -0.39 is 0 Å². The molecule has 0 spiro atoms. The predicted octanol–water partition coefficient (Wildman–Crippen LogP) is 21.5. The molecule has 0 aliphatic rings. The van der Waals surface area contributed by atoms with Gasteiger partial charge in [-0.15, -0.1) is 0 Å². The number of nitrogens with zero attached hydrogens (tertiary/aromatic N) is 2. The molecule has 78 heavy (non-hydrogen) atoms. The Hall–Kier alpha value is -8.34. The van der Waals surface area contributed by atoms with E-state index in [1.165, 1.54) is 47.9 Å². The van der Waals surface area contributed by atoms with Crippen molar-refractivity contribution in [3.63, 3.8) is 0 Å². The number of hydrogen-bond donors (Lipinski definition) is 0. The number of ether oxygens (including phenoxy) is 2. The van der Waals surface area contributed by atoms with Crippen molar-refractivity contribution in [2.75, 3.05) is 23.0 Å². The second-order valence-electron chi connectivity index (χ2n) is 20.4. The second-order valence-corrected chi connectivity index (χ2v) is 20.4. The summed E-state index contributed by atoms with van der Waals surface area (Å²) in [6, 6.07) is 82.0. The minimum atomic E-state index is 0.489. The minimum Gasteiger partial charge on any atom is -0.493 e. The van der Waals surface area contributed by atoms with Gasteiger partial charge in [0.05, 0.1) is 13.2 Å². The van der Waals surface area contributed by atoms with Gasteiger partial charge in [0.15, 0.2) is 0 Å². The summed E-state index contributed by atoms with van der Waals surface area (Å²) >= 11 is 0. The molecule has 0 saturated carbocycles. The van der Waals surface area contributed by atoms with Crippen LogP contribution in [0, 0.1) is 11.8 Å². The smallest absolute Gasteiger partial charge is 0.127 e. The van der Waals surface area contributed by atoms with Gasteiger partial charge in [0.2, 0.25) is 0 Å². The van der Waals surface area contributed by atoms with Gasteiger partial charge in [-0.2, -0.15) is 0 Å². The van der Waals surface area contributed by atoms with E-state index in [0.717, 1.165) is 93.6 Å². The minimum absolute atomic E-state index is 0.489. The maximum Gasteiger partial charge on any atom is 0.127 e. The zero-order valence-electron chi connectivity index (χ0n) is 46.2. The van der Waals surface area contributed by atoms with Gasteiger partial charge in [0.1, 0.15) is 11.5 Å². The quantitative estimate of drug-likeness (QED) is 0.0505. The maximum absolute atomic E-state index is 6.87. The van der Waals surface area contributed by atoms with Crippen LogP contribution in [0.4, 0.5) is 34.1 Å². The van der Waals surface area contributed by atoms with E-state index in [1.54, 1.807) is 0 Å². The van der Waals surface area contributed by atoms with Crippen LogP contribution in [0.15, 0.2) is 231 Å². The average molecular weight is 1030 g/mol. The molecule has 2 atom stereocenters. The molecule has 0 amide bonds. The third kappa shape index (κ3) is 14.6. The van der Waals surface area contributed by atoms with Crippen molar-refractivity contribution in [1.82, 2.24) is 0 Å². The average Bonchev–Trinajstić information content (AvgIpc) is 3.51. The van der Waals surface area contributed by atoms with Crippen LogP contribution < -0.4 is 19.3 Å². The molecule has 394 valence electrons. The molecule has 4 nitrogen and oxygen atoms in total. The van der Waals surface area contributed by atoms with Crippen LogP contribution >= 0.6 is 0 Å². The molecule has 0 aromatic heterocycles. The van der Waals surface area contributed by atoms with Crippen molar-refractivity contribution in [3.05, 3.63) is 253 Å². The lowest BCUT2D eigenvalue weighted by atomic mass is 9.99. The Morgan fingerprint density at radius 3 is 0.897 bits per heavy atom. The lowest BCUT2D eigenvalue weighted by Gasteiger charge is -2.25. The van der Waals surface area contributed by atoms with E-state index in [0.29, 0.717) is 25.0 Å². The summed E-state index contributed by atoms with van der Waals surface area (Å²) < 4.78 is 13.7. The molecule has 0 saturated heterocycles. The third-order valence-electron chi connectivity index (χ3n) is 14.9.